The van der Waals surface area contributed by atoms with Crippen LogP contribution in [0.15, 0.2) is 0 Å². The predicted octanol–water partition coefficient (Wildman–Crippen LogP) is 1.65. The molecule has 0 spiro atoms. The van der Waals surface area contributed by atoms with E-state index in [9.17, 15) is 4.79 Å². The van der Waals surface area contributed by atoms with Crippen LogP contribution in [0.2, 0.25) is 0 Å². The van der Waals surface area contributed by atoms with Crippen LogP contribution in [-0.4, -0.2) is 36.9 Å². The molecule has 1 fully saturated rings. The Morgan fingerprint density at radius 3 is 2.56 bits per heavy atom. The summed E-state index contributed by atoms with van der Waals surface area (Å²) >= 11 is 0. The summed E-state index contributed by atoms with van der Waals surface area (Å²) in [5, 5.41) is 11.8. The highest BCUT2D eigenvalue weighted by molar-refractivity contribution is 5.78. The summed E-state index contributed by atoms with van der Waals surface area (Å²) in [5.41, 5.74) is -0.964. The fraction of sp³-hybridized carbons (Fsp3) is 0.917. The summed E-state index contributed by atoms with van der Waals surface area (Å²) in [6, 6.07) is 0. The van der Waals surface area contributed by atoms with E-state index >= 15 is 0 Å². The van der Waals surface area contributed by atoms with Crippen LogP contribution < -0.4 is 5.32 Å². The summed E-state index contributed by atoms with van der Waals surface area (Å²) in [7, 11) is 1.65. The molecule has 0 saturated heterocycles. The quantitative estimate of drug-likeness (QED) is 0.727. The van der Waals surface area contributed by atoms with Gasteiger partial charge in [0.15, 0.2) is 0 Å². The normalized spacial score (nSPS) is 21.6. The number of nitrogens with one attached hydrogen (secondary N) is 1. The predicted molar refractivity (Wildman–Crippen MR) is 62.5 cm³/mol. The lowest BCUT2D eigenvalue weighted by molar-refractivity contribution is -0.146. The molecule has 1 rings (SSSR count). The van der Waals surface area contributed by atoms with Crippen molar-refractivity contribution in [2.75, 3.05) is 20.3 Å². The molecule has 4 nitrogen and oxygen atoms in total. The van der Waals surface area contributed by atoms with Crippen LogP contribution in [-0.2, 0) is 9.53 Å². The highest BCUT2D eigenvalue weighted by Crippen LogP contribution is 2.23. The van der Waals surface area contributed by atoms with Gasteiger partial charge < -0.3 is 15.2 Å². The minimum absolute atomic E-state index is 0.231. The molecule has 2 N–H and O–H groups in total. The van der Waals surface area contributed by atoms with E-state index in [4.69, 9.17) is 9.84 Å². The molecule has 0 aliphatic heterocycles. The molecule has 94 valence electrons. The van der Waals surface area contributed by atoms with Crippen LogP contribution in [0.5, 0.6) is 0 Å². The van der Waals surface area contributed by atoms with Crippen LogP contribution >= 0.6 is 0 Å². The van der Waals surface area contributed by atoms with Crippen LogP contribution in [0.3, 0.4) is 0 Å². The Bertz CT molecular complexity index is 226. The number of aliphatic carboxylic acids is 1. The standard InChI is InChI=1S/C12H23NO3/c1-12(13-2,11(14)15)9-16-8-10-6-4-3-5-7-10/h10,13H,3-9H2,1-2H3,(H,14,15). The maximum atomic E-state index is 11.0. The summed E-state index contributed by atoms with van der Waals surface area (Å²) in [6.45, 7) is 2.58. The maximum absolute atomic E-state index is 11.0. The summed E-state index contributed by atoms with van der Waals surface area (Å²) in [4.78, 5) is 11.0. The minimum Gasteiger partial charge on any atom is -0.480 e. The lowest BCUT2D eigenvalue weighted by Crippen LogP contribution is -2.51. The first-order valence-corrected chi connectivity index (χ1v) is 6.08. The molecule has 0 aromatic heterocycles. The van der Waals surface area contributed by atoms with Crippen molar-refractivity contribution in [1.29, 1.82) is 0 Å². The molecule has 0 amide bonds. The number of hydrogen-bond acceptors (Lipinski definition) is 3. The Morgan fingerprint density at radius 1 is 1.44 bits per heavy atom. The average molecular weight is 229 g/mol. The van der Waals surface area contributed by atoms with Crippen molar-refractivity contribution in [1.82, 2.24) is 5.32 Å². The third-order valence-corrected chi connectivity index (χ3v) is 3.49. The zero-order valence-electron chi connectivity index (χ0n) is 10.3. The van der Waals surface area contributed by atoms with Crippen LogP contribution in [0, 0.1) is 5.92 Å². The van der Waals surface area contributed by atoms with Crippen molar-refractivity contribution in [3.63, 3.8) is 0 Å². The third kappa shape index (κ3) is 3.76. The van der Waals surface area contributed by atoms with Gasteiger partial charge in [0.2, 0.25) is 0 Å². The van der Waals surface area contributed by atoms with Gasteiger partial charge in [-0.15, -0.1) is 0 Å². The van der Waals surface area contributed by atoms with Crippen molar-refractivity contribution >= 4 is 5.97 Å². The van der Waals surface area contributed by atoms with Crippen molar-refractivity contribution in [2.24, 2.45) is 5.92 Å². The van der Waals surface area contributed by atoms with Gasteiger partial charge in [-0.05, 0) is 32.7 Å². The largest absolute Gasteiger partial charge is 0.480 e. The number of rotatable bonds is 6. The number of likely N-dealkylation sites (N-methyl/N-ethyl adjacent to an activating group) is 1. The van der Waals surface area contributed by atoms with Gasteiger partial charge in [-0.25, -0.2) is 0 Å². The van der Waals surface area contributed by atoms with Crippen LogP contribution in [0.4, 0.5) is 0 Å². The number of carboxylic acids is 1. The minimum atomic E-state index is -0.964. The topological polar surface area (TPSA) is 58.6 Å². The maximum Gasteiger partial charge on any atom is 0.326 e. The lowest BCUT2D eigenvalue weighted by Gasteiger charge is -2.26. The van der Waals surface area contributed by atoms with E-state index in [1.807, 2.05) is 0 Å². The van der Waals surface area contributed by atoms with Gasteiger partial charge in [-0.1, -0.05) is 19.3 Å². The Labute approximate surface area is 97.4 Å². The van der Waals surface area contributed by atoms with Crippen molar-refractivity contribution in [3.05, 3.63) is 0 Å². The highest BCUT2D eigenvalue weighted by atomic mass is 16.5. The number of ether oxygens (including phenoxy) is 1. The second kappa shape index (κ2) is 6.21. The molecule has 0 heterocycles. The van der Waals surface area contributed by atoms with Crippen molar-refractivity contribution in [3.8, 4) is 0 Å². The van der Waals surface area contributed by atoms with Gasteiger partial charge >= 0.3 is 5.97 Å². The van der Waals surface area contributed by atoms with Crippen LogP contribution in [0.25, 0.3) is 0 Å². The average Bonchev–Trinajstić information content (AvgIpc) is 2.30. The molecule has 4 heteroatoms. The molecule has 1 aliphatic rings. The van der Waals surface area contributed by atoms with Crippen LogP contribution in [0.1, 0.15) is 39.0 Å². The van der Waals surface area contributed by atoms with Gasteiger partial charge in [0.1, 0.15) is 5.54 Å². The van der Waals surface area contributed by atoms with Gasteiger partial charge in [-0.2, -0.15) is 0 Å². The fourth-order valence-electron chi connectivity index (χ4n) is 2.02. The number of carbonyl (C=O) groups is 1. The molecule has 0 radical (unpaired) electrons. The molecule has 1 unspecified atom stereocenters. The first-order valence-electron chi connectivity index (χ1n) is 6.08. The molecule has 1 saturated carbocycles. The zero-order valence-corrected chi connectivity index (χ0v) is 10.3. The summed E-state index contributed by atoms with van der Waals surface area (Å²) in [6.07, 6.45) is 6.36. The summed E-state index contributed by atoms with van der Waals surface area (Å²) in [5.74, 6) is -0.234. The summed E-state index contributed by atoms with van der Waals surface area (Å²) < 4.78 is 5.55. The SMILES string of the molecule is CNC(C)(COCC1CCCCC1)C(=O)O. The third-order valence-electron chi connectivity index (χ3n) is 3.49. The van der Waals surface area contributed by atoms with E-state index in [1.165, 1.54) is 32.1 Å². The number of carboxylic acid groups (broad SMARTS) is 1. The van der Waals surface area contributed by atoms with E-state index in [2.05, 4.69) is 5.32 Å². The first kappa shape index (κ1) is 13.5. The highest BCUT2D eigenvalue weighted by Gasteiger charge is 2.31. The monoisotopic (exact) mass is 229 g/mol. The second-order valence-electron chi connectivity index (χ2n) is 4.91. The molecule has 0 bridgehead atoms. The van der Waals surface area contributed by atoms with E-state index in [1.54, 1.807) is 14.0 Å². The molecule has 1 atom stereocenters. The molecule has 0 aromatic rings. The fourth-order valence-corrected chi connectivity index (χ4v) is 2.02. The lowest BCUT2D eigenvalue weighted by atomic mass is 9.90. The molecule has 16 heavy (non-hydrogen) atoms. The smallest absolute Gasteiger partial charge is 0.326 e. The molecular weight excluding hydrogens is 206 g/mol. The van der Waals surface area contributed by atoms with Crippen molar-refractivity contribution < 1.29 is 14.6 Å². The van der Waals surface area contributed by atoms with E-state index in [0.717, 1.165) is 0 Å². The Hall–Kier alpha value is -0.610. The Balaban J connectivity index is 2.25. The molecule has 0 aromatic carbocycles. The van der Waals surface area contributed by atoms with Gasteiger partial charge in [-0.3, -0.25) is 4.79 Å². The second-order valence-corrected chi connectivity index (χ2v) is 4.91. The van der Waals surface area contributed by atoms with E-state index in [0.29, 0.717) is 12.5 Å². The van der Waals surface area contributed by atoms with Crippen molar-refractivity contribution in [2.45, 2.75) is 44.6 Å². The first-order chi connectivity index (χ1) is 7.58. The number of hydrogen-bond donors (Lipinski definition) is 2. The molecule has 1 aliphatic carbocycles. The molecular formula is C12H23NO3. The van der Waals surface area contributed by atoms with E-state index in [-0.39, 0.29) is 6.61 Å². The Morgan fingerprint density at radius 2 is 2.06 bits per heavy atom. The van der Waals surface area contributed by atoms with Gasteiger partial charge in [0, 0.05) is 6.61 Å². The Kier molecular flexibility index (Phi) is 5.22. The van der Waals surface area contributed by atoms with Gasteiger partial charge in [0.25, 0.3) is 0 Å². The zero-order chi connectivity index (χ0) is 12.0. The van der Waals surface area contributed by atoms with Gasteiger partial charge in [0.05, 0.1) is 6.61 Å². The van der Waals surface area contributed by atoms with E-state index < -0.39 is 11.5 Å².